The van der Waals surface area contributed by atoms with Crippen LogP contribution < -0.4 is 4.74 Å². The van der Waals surface area contributed by atoms with Crippen molar-refractivity contribution in [1.29, 1.82) is 5.26 Å². The van der Waals surface area contributed by atoms with Gasteiger partial charge in [0.15, 0.2) is 0 Å². The first kappa shape index (κ1) is 12.1. The van der Waals surface area contributed by atoms with E-state index in [2.05, 4.69) is 16.0 Å². The zero-order valence-electron chi connectivity index (χ0n) is 10.6. The maximum absolute atomic E-state index is 8.78. The van der Waals surface area contributed by atoms with Crippen LogP contribution in [0, 0.1) is 32.1 Å². The standard InChI is InChI=1S/C14H13N3O/c1-9-6-10(2)11(3)13(7-9)18-14-16-5-4-12(8-15)17-14/h4-7H,1-3H3. The summed E-state index contributed by atoms with van der Waals surface area (Å²) in [7, 11) is 0. The van der Waals surface area contributed by atoms with E-state index in [0.717, 1.165) is 22.4 Å². The highest BCUT2D eigenvalue weighted by molar-refractivity contribution is 5.43. The van der Waals surface area contributed by atoms with E-state index in [1.54, 1.807) is 6.07 Å². The van der Waals surface area contributed by atoms with Crippen molar-refractivity contribution in [3.63, 3.8) is 0 Å². The van der Waals surface area contributed by atoms with Crippen LogP contribution in [0.3, 0.4) is 0 Å². The van der Waals surface area contributed by atoms with Crippen molar-refractivity contribution < 1.29 is 4.74 Å². The average Bonchev–Trinajstić information content (AvgIpc) is 2.35. The Kier molecular flexibility index (Phi) is 3.24. The van der Waals surface area contributed by atoms with Gasteiger partial charge in [-0.05, 0) is 49.6 Å². The number of rotatable bonds is 2. The SMILES string of the molecule is Cc1cc(C)c(C)c(Oc2nccc(C#N)n2)c1. The normalized spacial score (nSPS) is 9.89. The second-order valence-electron chi connectivity index (χ2n) is 4.14. The van der Waals surface area contributed by atoms with Crippen LogP contribution in [-0.4, -0.2) is 9.97 Å². The molecule has 0 atom stereocenters. The van der Waals surface area contributed by atoms with Crippen LogP contribution in [0.2, 0.25) is 0 Å². The van der Waals surface area contributed by atoms with Crippen molar-refractivity contribution in [3.05, 3.63) is 46.8 Å². The lowest BCUT2D eigenvalue weighted by molar-refractivity contribution is 0.437. The second-order valence-corrected chi connectivity index (χ2v) is 4.14. The molecule has 0 saturated heterocycles. The molecule has 2 rings (SSSR count). The number of nitriles is 1. The molecule has 0 bridgehead atoms. The molecule has 90 valence electrons. The minimum atomic E-state index is 0.196. The molecule has 1 aromatic heterocycles. The van der Waals surface area contributed by atoms with Gasteiger partial charge < -0.3 is 4.74 Å². The van der Waals surface area contributed by atoms with E-state index in [4.69, 9.17) is 10.00 Å². The molecule has 0 aliphatic carbocycles. The Bertz CT molecular complexity index is 629. The Morgan fingerprint density at radius 3 is 2.72 bits per heavy atom. The highest BCUT2D eigenvalue weighted by Crippen LogP contribution is 2.26. The number of aryl methyl sites for hydroxylation is 2. The summed E-state index contributed by atoms with van der Waals surface area (Å²) in [5, 5.41) is 8.78. The van der Waals surface area contributed by atoms with Gasteiger partial charge in [0.05, 0.1) is 0 Å². The highest BCUT2D eigenvalue weighted by atomic mass is 16.5. The van der Waals surface area contributed by atoms with Crippen LogP contribution in [0.5, 0.6) is 11.8 Å². The van der Waals surface area contributed by atoms with E-state index in [9.17, 15) is 0 Å². The quantitative estimate of drug-likeness (QED) is 0.808. The predicted molar refractivity (Wildman–Crippen MR) is 67.5 cm³/mol. The van der Waals surface area contributed by atoms with Gasteiger partial charge in [0.1, 0.15) is 17.5 Å². The van der Waals surface area contributed by atoms with Gasteiger partial charge in [0.2, 0.25) is 0 Å². The molecule has 0 aliphatic heterocycles. The van der Waals surface area contributed by atoms with Crippen LogP contribution >= 0.6 is 0 Å². The number of hydrogen-bond acceptors (Lipinski definition) is 4. The summed E-state index contributed by atoms with van der Waals surface area (Å²) >= 11 is 0. The van der Waals surface area contributed by atoms with Gasteiger partial charge >= 0.3 is 6.01 Å². The fraction of sp³-hybridized carbons (Fsp3) is 0.214. The molecule has 0 amide bonds. The van der Waals surface area contributed by atoms with Crippen LogP contribution in [-0.2, 0) is 0 Å². The Hall–Kier alpha value is -2.41. The smallest absolute Gasteiger partial charge is 0.323 e. The fourth-order valence-electron chi connectivity index (χ4n) is 1.66. The van der Waals surface area contributed by atoms with Crippen LogP contribution in [0.4, 0.5) is 0 Å². The van der Waals surface area contributed by atoms with Crippen molar-refractivity contribution >= 4 is 0 Å². The third-order valence-corrected chi connectivity index (χ3v) is 2.71. The molecule has 0 aliphatic rings. The summed E-state index contributed by atoms with van der Waals surface area (Å²) in [5.41, 5.74) is 3.61. The van der Waals surface area contributed by atoms with E-state index in [-0.39, 0.29) is 6.01 Å². The summed E-state index contributed by atoms with van der Waals surface area (Å²) in [4.78, 5) is 7.99. The zero-order valence-corrected chi connectivity index (χ0v) is 10.6. The molecule has 0 spiro atoms. The molecule has 2 aromatic rings. The zero-order chi connectivity index (χ0) is 13.1. The highest BCUT2D eigenvalue weighted by Gasteiger charge is 2.07. The fourth-order valence-corrected chi connectivity index (χ4v) is 1.66. The lowest BCUT2D eigenvalue weighted by atomic mass is 10.1. The lowest BCUT2D eigenvalue weighted by Crippen LogP contribution is -1.96. The Morgan fingerprint density at radius 2 is 2.00 bits per heavy atom. The van der Waals surface area contributed by atoms with Crippen LogP contribution in [0.15, 0.2) is 24.4 Å². The summed E-state index contributed by atoms with van der Waals surface area (Å²) in [5.74, 6) is 0.725. The summed E-state index contributed by atoms with van der Waals surface area (Å²) in [6.45, 7) is 6.02. The maximum Gasteiger partial charge on any atom is 0.323 e. The molecular weight excluding hydrogens is 226 g/mol. The van der Waals surface area contributed by atoms with E-state index >= 15 is 0 Å². The van der Waals surface area contributed by atoms with Gasteiger partial charge in [0.25, 0.3) is 0 Å². The third-order valence-electron chi connectivity index (χ3n) is 2.71. The third kappa shape index (κ3) is 2.46. The lowest BCUT2D eigenvalue weighted by Gasteiger charge is -2.10. The van der Waals surface area contributed by atoms with Gasteiger partial charge in [0, 0.05) is 6.20 Å². The van der Waals surface area contributed by atoms with Gasteiger partial charge in [-0.3, -0.25) is 0 Å². The second kappa shape index (κ2) is 4.84. The van der Waals surface area contributed by atoms with Gasteiger partial charge in [-0.2, -0.15) is 10.2 Å². The number of nitrogens with zero attached hydrogens (tertiary/aromatic N) is 3. The minimum Gasteiger partial charge on any atom is -0.424 e. The van der Waals surface area contributed by atoms with E-state index < -0.39 is 0 Å². The Morgan fingerprint density at radius 1 is 1.22 bits per heavy atom. The molecule has 0 unspecified atom stereocenters. The molecule has 4 heteroatoms. The summed E-state index contributed by atoms with van der Waals surface area (Å²) in [6, 6.07) is 7.73. The monoisotopic (exact) mass is 239 g/mol. The first-order chi connectivity index (χ1) is 8.60. The number of ether oxygens (including phenoxy) is 1. The predicted octanol–water partition coefficient (Wildman–Crippen LogP) is 3.07. The van der Waals surface area contributed by atoms with Crippen LogP contribution in [0.25, 0.3) is 0 Å². The van der Waals surface area contributed by atoms with E-state index in [1.807, 2.05) is 32.9 Å². The Balaban J connectivity index is 2.37. The molecular formula is C14H13N3O. The molecule has 18 heavy (non-hydrogen) atoms. The largest absolute Gasteiger partial charge is 0.424 e. The van der Waals surface area contributed by atoms with Crippen molar-refractivity contribution in [2.24, 2.45) is 0 Å². The van der Waals surface area contributed by atoms with Crippen molar-refractivity contribution in [2.45, 2.75) is 20.8 Å². The molecule has 1 heterocycles. The van der Waals surface area contributed by atoms with Gasteiger partial charge in [-0.25, -0.2) is 4.98 Å². The number of aromatic nitrogens is 2. The van der Waals surface area contributed by atoms with Crippen molar-refractivity contribution in [1.82, 2.24) is 9.97 Å². The van der Waals surface area contributed by atoms with Gasteiger partial charge in [-0.1, -0.05) is 6.07 Å². The van der Waals surface area contributed by atoms with Crippen LogP contribution in [0.1, 0.15) is 22.4 Å². The topological polar surface area (TPSA) is 58.8 Å². The first-order valence-electron chi connectivity index (χ1n) is 5.59. The molecule has 0 radical (unpaired) electrons. The van der Waals surface area contributed by atoms with E-state index in [0.29, 0.717) is 5.69 Å². The maximum atomic E-state index is 8.78. The van der Waals surface area contributed by atoms with E-state index in [1.165, 1.54) is 6.20 Å². The average molecular weight is 239 g/mol. The van der Waals surface area contributed by atoms with Crippen molar-refractivity contribution in [3.8, 4) is 17.8 Å². The Labute approximate surface area is 106 Å². The number of hydrogen-bond donors (Lipinski definition) is 0. The van der Waals surface area contributed by atoms with Crippen molar-refractivity contribution in [2.75, 3.05) is 0 Å². The minimum absolute atomic E-state index is 0.196. The summed E-state index contributed by atoms with van der Waals surface area (Å²) in [6.07, 6.45) is 1.51. The molecule has 0 saturated carbocycles. The molecule has 0 fully saturated rings. The first-order valence-corrected chi connectivity index (χ1v) is 5.59. The number of benzene rings is 1. The molecule has 1 aromatic carbocycles. The molecule has 0 N–H and O–H groups in total. The van der Waals surface area contributed by atoms with Gasteiger partial charge in [-0.15, -0.1) is 0 Å². The summed E-state index contributed by atoms with van der Waals surface area (Å²) < 4.78 is 5.64. The molecule has 4 nitrogen and oxygen atoms in total.